The van der Waals surface area contributed by atoms with Crippen LogP contribution in [0.4, 0.5) is 4.39 Å². The van der Waals surface area contributed by atoms with Crippen LogP contribution in [0.25, 0.3) is 0 Å². The molecular weight excluding hydrogens is 471 g/mol. The highest BCUT2D eigenvalue weighted by Gasteiger charge is 2.32. The molecule has 0 aromatic heterocycles. The summed E-state index contributed by atoms with van der Waals surface area (Å²) < 4.78 is 46.0. The first kappa shape index (κ1) is 23.2. The maximum atomic E-state index is 13.5. The Morgan fingerprint density at radius 3 is 2.37 bits per heavy atom. The molecule has 0 saturated carbocycles. The Morgan fingerprint density at radius 1 is 0.914 bits per heavy atom. The van der Waals surface area contributed by atoms with Crippen LogP contribution >= 0.6 is 0 Å². The van der Waals surface area contributed by atoms with Gasteiger partial charge in [0.15, 0.2) is 0 Å². The van der Waals surface area contributed by atoms with Crippen molar-refractivity contribution in [3.63, 3.8) is 0 Å². The maximum absolute atomic E-state index is 13.5. The molecule has 0 aliphatic carbocycles. The minimum absolute atomic E-state index is 0.105. The molecule has 3 aromatic rings. The normalized spacial score (nSPS) is 18.6. The van der Waals surface area contributed by atoms with Gasteiger partial charge in [0.25, 0.3) is 5.91 Å². The van der Waals surface area contributed by atoms with Gasteiger partial charge in [-0.25, -0.2) is 17.6 Å². The number of esters is 1. The van der Waals surface area contributed by atoms with Gasteiger partial charge in [-0.1, -0.05) is 36.4 Å². The first-order valence-electron chi connectivity index (χ1n) is 11.3. The van der Waals surface area contributed by atoms with Crippen LogP contribution in [0, 0.1) is 5.82 Å². The van der Waals surface area contributed by atoms with Crippen LogP contribution in [0.5, 0.6) is 0 Å². The summed E-state index contributed by atoms with van der Waals surface area (Å²) in [6.45, 7) is 0.633. The predicted octanol–water partition coefficient (Wildman–Crippen LogP) is 3.43. The summed E-state index contributed by atoms with van der Waals surface area (Å²) >= 11 is 0. The van der Waals surface area contributed by atoms with E-state index in [1.165, 1.54) is 22.5 Å². The van der Waals surface area contributed by atoms with Gasteiger partial charge in [-0.15, -0.1) is 0 Å². The molecule has 2 aliphatic heterocycles. The molecule has 2 heterocycles. The largest absolute Gasteiger partial charge is 0.454 e. The molecule has 0 N–H and O–H groups in total. The summed E-state index contributed by atoms with van der Waals surface area (Å²) in [6, 6.07) is 19.3. The summed E-state index contributed by atoms with van der Waals surface area (Å²) in [5, 5.41) is 0. The third-order valence-corrected chi connectivity index (χ3v) is 8.25. The van der Waals surface area contributed by atoms with Crippen LogP contribution in [-0.4, -0.2) is 55.7 Å². The SMILES string of the molecule is O=C1O[C@@H](c2ccccc2)Cc2cc(C(=O)N3CCN(S(=O)(=O)c4cccc(F)c4)CC3)ccc21. The molecule has 1 saturated heterocycles. The fraction of sp³-hybridized carbons (Fsp3) is 0.231. The second-order valence-electron chi connectivity index (χ2n) is 8.53. The Balaban J connectivity index is 1.29. The minimum atomic E-state index is -3.85. The Hall–Kier alpha value is -3.56. The second kappa shape index (κ2) is 9.24. The predicted molar refractivity (Wildman–Crippen MR) is 126 cm³/mol. The zero-order valence-electron chi connectivity index (χ0n) is 18.8. The van der Waals surface area contributed by atoms with Crippen LogP contribution in [0.2, 0.25) is 0 Å². The highest BCUT2D eigenvalue weighted by molar-refractivity contribution is 7.89. The second-order valence-corrected chi connectivity index (χ2v) is 10.5. The third-order valence-electron chi connectivity index (χ3n) is 6.36. The lowest BCUT2D eigenvalue weighted by atomic mass is 9.93. The molecule has 0 radical (unpaired) electrons. The average molecular weight is 495 g/mol. The fourth-order valence-corrected chi connectivity index (χ4v) is 5.93. The number of nitrogens with zero attached hydrogens (tertiary/aromatic N) is 2. The van der Waals surface area contributed by atoms with E-state index in [1.54, 1.807) is 23.1 Å². The number of benzene rings is 3. The topological polar surface area (TPSA) is 84.0 Å². The van der Waals surface area contributed by atoms with E-state index in [4.69, 9.17) is 4.74 Å². The fourth-order valence-electron chi connectivity index (χ4n) is 4.47. The van der Waals surface area contributed by atoms with Crippen molar-refractivity contribution in [1.29, 1.82) is 0 Å². The van der Waals surface area contributed by atoms with Crippen molar-refractivity contribution in [3.8, 4) is 0 Å². The zero-order valence-corrected chi connectivity index (χ0v) is 19.6. The van der Waals surface area contributed by atoms with Crippen LogP contribution in [0.3, 0.4) is 0 Å². The number of hydrogen-bond donors (Lipinski definition) is 0. The van der Waals surface area contributed by atoms with Gasteiger partial charge in [-0.05, 0) is 47.5 Å². The number of sulfonamides is 1. The molecule has 5 rings (SSSR count). The molecule has 1 amide bonds. The monoisotopic (exact) mass is 494 g/mol. The molecule has 2 aliphatic rings. The quantitative estimate of drug-likeness (QED) is 0.519. The first-order chi connectivity index (χ1) is 16.8. The van der Waals surface area contributed by atoms with Gasteiger partial charge in [-0.2, -0.15) is 4.31 Å². The third kappa shape index (κ3) is 4.56. The smallest absolute Gasteiger partial charge is 0.339 e. The highest BCUT2D eigenvalue weighted by Crippen LogP contribution is 2.31. The number of amides is 1. The van der Waals surface area contributed by atoms with Gasteiger partial charge in [0.05, 0.1) is 10.5 Å². The zero-order chi connectivity index (χ0) is 24.6. The summed E-state index contributed by atoms with van der Waals surface area (Å²) in [4.78, 5) is 27.2. The Kier molecular flexibility index (Phi) is 6.12. The van der Waals surface area contributed by atoms with E-state index in [2.05, 4.69) is 0 Å². The van der Waals surface area contributed by atoms with Gasteiger partial charge < -0.3 is 9.64 Å². The number of carbonyl (C=O) groups excluding carboxylic acids is 2. The van der Waals surface area contributed by atoms with Gasteiger partial charge >= 0.3 is 5.97 Å². The molecular formula is C26H23FN2O5S. The van der Waals surface area contributed by atoms with E-state index < -0.39 is 27.9 Å². The number of fused-ring (bicyclic) bond motifs is 1. The Morgan fingerprint density at radius 2 is 1.66 bits per heavy atom. The molecule has 7 nitrogen and oxygen atoms in total. The molecule has 180 valence electrons. The van der Waals surface area contributed by atoms with Gasteiger partial charge in [0.2, 0.25) is 10.0 Å². The highest BCUT2D eigenvalue weighted by atomic mass is 32.2. The van der Waals surface area contributed by atoms with Crippen LogP contribution in [0.1, 0.15) is 37.9 Å². The number of rotatable bonds is 4. The number of ether oxygens (including phenoxy) is 1. The average Bonchev–Trinajstić information content (AvgIpc) is 2.88. The van der Waals surface area contributed by atoms with Crippen molar-refractivity contribution in [2.24, 2.45) is 0 Å². The molecule has 35 heavy (non-hydrogen) atoms. The molecule has 3 aromatic carbocycles. The lowest BCUT2D eigenvalue weighted by molar-refractivity contribution is 0.0252. The number of cyclic esters (lactones) is 1. The maximum Gasteiger partial charge on any atom is 0.339 e. The number of carbonyl (C=O) groups is 2. The summed E-state index contributed by atoms with van der Waals surface area (Å²) in [7, 11) is -3.85. The van der Waals surface area contributed by atoms with E-state index in [9.17, 15) is 22.4 Å². The molecule has 9 heteroatoms. The van der Waals surface area contributed by atoms with E-state index in [0.29, 0.717) is 17.5 Å². The number of halogens is 1. The Labute approximate surface area is 202 Å². The van der Waals surface area contributed by atoms with Gasteiger partial charge in [0, 0.05) is 38.2 Å². The number of hydrogen-bond acceptors (Lipinski definition) is 5. The summed E-state index contributed by atoms with van der Waals surface area (Å²) in [5.74, 6) is -1.27. The molecule has 0 unspecified atom stereocenters. The van der Waals surface area contributed by atoms with Crippen LogP contribution in [-0.2, 0) is 21.2 Å². The minimum Gasteiger partial charge on any atom is -0.454 e. The van der Waals surface area contributed by atoms with Crippen molar-refractivity contribution in [2.75, 3.05) is 26.2 Å². The number of piperazine rings is 1. The van der Waals surface area contributed by atoms with Gasteiger partial charge in [-0.3, -0.25) is 4.79 Å². The van der Waals surface area contributed by atoms with Crippen molar-refractivity contribution in [3.05, 3.63) is 101 Å². The van der Waals surface area contributed by atoms with Crippen LogP contribution in [0.15, 0.2) is 77.7 Å². The lowest BCUT2D eigenvalue weighted by Gasteiger charge is -2.34. The van der Waals surface area contributed by atoms with Crippen molar-refractivity contribution < 1.29 is 27.1 Å². The van der Waals surface area contributed by atoms with Crippen molar-refractivity contribution in [2.45, 2.75) is 17.4 Å². The van der Waals surface area contributed by atoms with E-state index in [1.807, 2.05) is 30.3 Å². The van der Waals surface area contributed by atoms with E-state index >= 15 is 0 Å². The molecule has 0 bridgehead atoms. The van der Waals surface area contributed by atoms with Crippen molar-refractivity contribution >= 4 is 21.9 Å². The van der Waals surface area contributed by atoms with Crippen LogP contribution < -0.4 is 0 Å². The van der Waals surface area contributed by atoms with Crippen molar-refractivity contribution in [1.82, 2.24) is 9.21 Å². The Bertz CT molecular complexity index is 1390. The van der Waals surface area contributed by atoms with E-state index in [-0.39, 0.29) is 37.0 Å². The summed E-state index contributed by atoms with van der Waals surface area (Å²) in [5.41, 5.74) is 2.51. The first-order valence-corrected chi connectivity index (χ1v) is 12.7. The molecule has 1 fully saturated rings. The lowest BCUT2D eigenvalue weighted by Crippen LogP contribution is -2.50. The molecule has 1 atom stereocenters. The van der Waals surface area contributed by atoms with E-state index in [0.717, 1.165) is 17.2 Å². The molecule has 0 spiro atoms. The standard InChI is InChI=1S/C26H23FN2O5S/c27-21-7-4-8-22(17-21)35(32,33)29-13-11-28(12-14-29)25(30)19-9-10-23-20(15-19)16-24(34-26(23)31)18-5-2-1-3-6-18/h1-10,15,17,24H,11-14,16H2/t24-/m1/s1. The summed E-state index contributed by atoms with van der Waals surface area (Å²) in [6.07, 6.45) is 0.0457. The van der Waals surface area contributed by atoms with Gasteiger partial charge in [0.1, 0.15) is 11.9 Å².